The first kappa shape index (κ1) is 23.9. The molecule has 8 aliphatic rings. The molecule has 0 aromatic heterocycles. The summed E-state index contributed by atoms with van der Waals surface area (Å²) in [4.78, 5) is 13.7. The summed E-state index contributed by atoms with van der Waals surface area (Å²) in [5.74, 6) is 0.0695. The molecule has 0 amide bonds. The minimum absolute atomic E-state index is 0.0341. The maximum Gasteiger partial charge on any atom is 0.313 e. The summed E-state index contributed by atoms with van der Waals surface area (Å²) in [6.07, 6.45) is 7.90. The van der Waals surface area contributed by atoms with Gasteiger partial charge in [-0.25, -0.2) is 0 Å². The molecule has 2 bridgehead atoms. The van der Waals surface area contributed by atoms with Crippen LogP contribution in [-0.2, 0) is 23.7 Å². The largest absolute Gasteiger partial charge is 0.455 e. The Kier molecular flexibility index (Phi) is 4.20. The van der Waals surface area contributed by atoms with Crippen molar-refractivity contribution in [2.24, 2.45) is 39.4 Å². The van der Waals surface area contributed by atoms with Gasteiger partial charge in [0.2, 0.25) is 0 Å². The number of aliphatic hydroxyl groups is 1. The fraction of sp³-hybridized carbons (Fsp3) is 0.903. The number of aliphatic hydroxyl groups excluding tert-OH is 1. The number of allylic oxidation sites excluding steroid dienone is 1. The van der Waals surface area contributed by atoms with Gasteiger partial charge in [0, 0.05) is 11.3 Å². The minimum Gasteiger partial charge on any atom is -0.455 e. The zero-order valence-corrected chi connectivity index (χ0v) is 23.2. The van der Waals surface area contributed by atoms with Crippen molar-refractivity contribution in [3.8, 4) is 0 Å². The molecule has 0 aromatic rings. The van der Waals surface area contributed by atoms with E-state index in [-0.39, 0.29) is 51.7 Å². The molecular weight excluding hydrogens is 468 g/mol. The van der Waals surface area contributed by atoms with Gasteiger partial charge in [0.15, 0.2) is 11.4 Å². The van der Waals surface area contributed by atoms with Crippen LogP contribution < -0.4 is 0 Å². The second-order valence-corrected chi connectivity index (χ2v) is 15.5. The van der Waals surface area contributed by atoms with E-state index in [1.165, 1.54) is 5.57 Å². The van der Waals surface area contributed by atoms with Crippen LogP contribution in [0.25, 0.3) is 0 Å². The van der Waals surface area contributed by atoms with Gasteiger partial charge in [0.05, 0.1) is 24.2 Å². The molecule has 3 heterocycles. The Balaban J connectivity index is 1.25. The zero-order chi connectivity index (χ0) is 26.0. The number of esters is 1. The van der Waals surface area contributed by atoms with Crippen LogP contribution in [0.5, 0.6) is 0 Å². The fourth-order valence-corrected chi connectivity index (χ4v) is 12.3. The number of ether oxygens (including phenoxy) is 4. The Labute approximate surface area is 220 Å². The highest BCUT2D eigenvalue weighted by Crippen LogP contribution is 2.83. The summed E-state index contributed by atoms with van der Waals surface area (Å²) in [6.45, 7) is 16.2. The molecule has 0 aromatic carbocycles. The minimum atomic E-state index is -0.685. The smallest absolute Gasteiger partial charge is 0.313 e. The summed E-state index contributed by atoms with van der Waals surface area (Å²) in [6, 6.07) is 0. The van der Waals surface area contributed by atoms with Gasteiger partial charge < -0.3 is 24.1 Å². The normalized spacial score (nSPS) is 62.6. The monoisotopic (exact) mass is 512 g/mol. The highest BCUT2D eigenvalue weighted by molar-refractivity contribution is 5.82. The fourth-order valence-electron chi connectivity index (χ4n) is 12.3. The molecule has 5 saturated carbocycles. The molecule has 204 valence electrons. The van der Waals surface area contributed by atoms with Gasteiger partial charge in [-0.3, -0.25) is 4.79 Å². The average molecular weight is 513 g/mol. The van der Waals surface area contributed by atoms with E-state index in [2.05, 4.69) is 27.4 Å². The summed E-state index contributed by atoms with van der Waals surface area (Å²) < 4.78 is 26.4. The maximum atomic E-state index is 13.7. The highest BCUT2D eigenvalue weighted by atomic mass is 16.8. The Morgan fingerprint density at radius 2 is 1.76 bits per heavy atom. The van der Waals surface area contributed by atoms with Crippen LogP contribution in [0.3, 0.4) is 0 Å². The molecule has 1 N–H and O–H groups in total. The summed E-state index contributed by atoms with van der Waals surface area (Å²) >= 11 is 0. The van der Waals surface area contributed by atoms with Crippen molar-refractivity contribution in [2.45, 2.75) is 128 Å². The van der Waals surface area contributed by atoms with E-state index in [1.807, 2.05) is 13.8 Å². The van der Waals surface area contributed by atoms with Gasteiger partial charge in [-0.2, -0.15) is 0 Å². The number of hydrogen-bond acceptors (Lipinski definition) is 6. The lowest BCUT2D eigenvalue weighted by Gasteiger charge is -2.72. The van der Waals surface area contributed by atoms with Crippen molar-refractivity contribution in [1.29, 1.82) is 0 Å². The summed E-state index contributed by atoms with van der Waals surface area (Å²) in [7, 11) is 0. The number of carbonyl (C=O) groups excluding carboxylic acids is 1. The van der Waals surface area contributed by atoms with Gasteiger partial charge in [0.25, 0.3) is 0 Å². The van der Waals surface area contributed by atoms with Crippen LogP contribution in [0.2, 0.25) is 0 Å². The summed E-state index contributed by atoms with van der Waals surface area (Å²) in [5.41, 5.74) is -0.540. The number of rotatable bonds is 0. The Hall–Kier alpha value is -0.950. The van der Waals surface area contributed by atoms with Crippen molar-refractivity contribution >= 4 is 5.97 Å². The van der Waals surface area contributed by atoms with Crippen LogP contribution in [0, 0.1) is 39.4 Å². The molecule has 0 radical (unpaired) electrons. The van der Waals surface area contributed by atoms with Gasteiger partial charge in [-0.05, 0) is 94.3 Å². The van der Waals surface area contributed by atoms with Crippen LogP contribution in [-0.4, -0.2) is 53.0 Å². The predicted molar refractivity (Wildman–Crippen MR) is 135 cm³/mol. The van der Waals surface area contributed by atoms with Gasteiger partial charge in [-0.15, -0.1) is 0 Å². The van der Waals surface area contributed by atoms with Crippen LogP contribution in [0.15, 0.2) is 12.2 Å². The number of carbonyl (C=O) groups is 1. The number of hydrogen-bond donors (Lipinski definition) is 1. The van der Waals surface area contributed by atoms with Crippen molar-refractivity contribution in [3.05, 3.63) is 12.2 Å². The maximum absolute atomic E-state index is 13.7. The SMILES string of the molecule is C=C1CCC23CCC4(C)C5(C)CCC6C(C)(CCC(O)C67COC(C)(C)O7)C5C5OC5C4(OC2=O)C3C1. The summed E-state index contributed by atoms with van der Waals surface area (Å²) in [5, 5.41) is 11.4. The third kappa shape index (κ3) is 2.33. The Bertz CT molecular complexity index is 1120. The van der Waals surface area contributed by atoms with Gasteiger partial charge >= 0.3 is 5.97 Å². The first-order valence-electron chi connectivity index (χ1n) is 14.9. The van der Waals surface area contributed by atoms with Crippen molar-refractivity contribution in [3.63, 3.8) is 0 Å². The quantitative estimate of drug-likeness (QED) is 0.282. The lowest BCUT2D eigenvalue weighted by molar-refractivity contribution is -0.292. The number of fused-ring (bicyclic) bond motifs is 7. The third-order valence-corrected chi connectivity index (χ3v) is 14.1. The lowest BCUT2D eigenvalue weighted by Crippen LogP contribution is -2.75. The third-order valence-electron chi connectivity index (χ3n) is 14.1. The van der Waals surface area contributed by atoms with E-state index >= 15 is 0 Å². The number of epoxide rings is 1. The molecule has 6 nitrogen and oxygen atoms in total. The van der Waals surface area contributed by atoms with Crippen LogP contribution >= 0.6 is 0 Å². The first-order chi connectivity index (χ1) is 17.3. The molecule has 3 saturated heterocycles. The molecule has 2 spiro atoms. The molecule has 8 fully saturated rings. The molecule has 3 aliphatic heterocycles. The van der Waals surface area contributed by atoms with E-state index in [9.17, 15) is 9.90 Å². The van der Waals surface area contributed by atoms with Crippen molar-refractivity contribution < 1.29 is 28.8 Å². The van der Waals surface area contributed by atoms with E-state index in [4.69, 9.17) is 18.9 Å². The van der Waals surface area contributed by atoms with E-state index < -0.39 is 23.1 Å². The average Bonchev–Trinajstić information content (AvgIpc) is 3.50. The Morgan fingerprint density at radius 3 is 2.49 bits per heavy atom. The van der Waals surface area contributed by atoms with Crippen molar-refractivity contribution in [1.82, 2.24) is 0 Å². The highest BCUT2D eigenvalue weighted by Gasteiger charge is 2.89. The van der Waals surface area contributed by atoms with Crippen LogP contribution in [0.4, 0.5) is 0 Å². The predicted octanol–water partition coefficient (Wildman–Crippen LogP) is 4.92. The van der Waals surface area contributed by atoms with E-state index in [0.717, 1.165) is 57.8 Å². The van der Waals surface area contributed by atoms with Crippen molar-refractivity contribution in [2.75, 3.05) is 6.61 Å². The molecule has 6 heteroatoms. The molecule has 5 aliphatic carbocycles. The lowest BCUT2D eigenvalue weighted by atomic mass is 9.31. The second kappa shape index (κ2) is 6.50. The van der Waals surface area contributed by atoms with Crippen LogP contribution in [0.1, 0.15) is 92.4 Å². The van der Waals surface area contributed by atoms with Gasteiger partial charge in [0.1, 0.15) is 11.7 Å². The van der Waals surface area contributed by atoms with E-state index in [0.29, 0.717) is 12.5 Å². The molecule has 12 atom stereocenters. The second-order valence-electron chi connectivity index (χ2n) is 15.5. The van der Waals surface area contributed by atoms with Gasteiger partial charge in [-0.1, -0.05) is 32.9 Å². The molecule has 12 unspecified atom stereocenters. The topological polar surface area (TPSA) is 77.5 Å². The molecular formula is C31H44O6. The molecule has 8 rings (SSSR count). The standard InChI is InChI=1S/C31H44O6/c1-17-7-12-29-14-13-28(6)27(5)11-8-18-26(4,10-9-20(32)30(18)16-34-25(2,3)37-30)22(27)21-23(35-21)31(28,19(29)15-17)36-24(29)33/h18-23,32H,1,7-16H2,2-6H3. The first-order valence-corrected chi connectivity index (χ1v) is 14.9. The molecule has 37 heavy (non-hydrogen) atoms. The Morgan fingerprint density at radius 1 is 0.973 bits per heavy atom. The van der Waals surface area contributed by atoms with E-state index in [1.54, 1.807) is 0 Å². The zero-order valence-electron chi connectivity index (χ0n) is 23.2.